The van der Waals surface area contributed by atoms with Crippen LogP contribution in [-0.4, -0.2) is 16.5 Å². The molecule has 0 aliphatic heterocycles. The van der Waals surface area contributed by atoms with Crippen LogP contribution < -0.4 is 9.47 Å². The van der Waals surface area contributed by atoms with Crippen molar-refractivity contribution in [3.8, 4) is 11.8 Å². The van der Waals surface area contributed by atoms with Gasteiger partial charge in [0.05, 0.1) is 4.92 Å². The van der Waals surface area contributed by atoms with Crippen LogP contribution in [0, 0.1) is 10.1 Å². The highest BCUT2D eigenvalue weighted by molar-refractivity contribution is 5.43. The molecule has 2 aromatic rings. The number of benzene rings is 1. The van der Waals surface area contributed by atoms with Crippen molar-refractivity contribution in [3.63, 3.8) is 0 Å². The second-order valence-corrected chi connectivity index (χ2v) is 3.88. The van der Waals surface area contributed by atoms with E-state index in [4.69, 9.17) is 4.74 Å². The van der Waals surface area contributed by atoms with Gasteiger partial charge in [0.1, 0.15) is 6.61 Å². The first-order valence-electron chi connectivity index (χ1n) is 5.83. The number of aromatic nitrogens is 1. The van der Waals surface area contributed by atoms with Crippen molar-refractivity contribution in [2.45, 2.75) is 13.2 Å². The summed E-state index contributed by atoms with van der Waals surface area (Å²) in [4.78, 5) is 13.4. The van der Waals surface area contributed by atoms with E-state index in [2.05, 4.69) is 9.72 Å². The Kier molecular flexibility index (Phi) is 4.60. The van der Waals surface area contributed by atoms with E-state index in [1.165, 1.54) is 6.07 Å². The lowest BCUT2D eigenvalue weighted by Crippen LogP contribution is -2.07. The van der Waals surface area contributed by atoms with Gasteiger partial charge in [-0.1, -0.05) is 30.3 Å². The largest absolute Gasteiger partial charge is 0.473 e. The second kappa shape index (κ2) is 6.60. The SMILES string of the molecule is O=[N+]([O-])c1ccc(OCc2ccccc2)nc1OC(F)F. The van der Waals surface area contributed by atoms with Crippen molar-refractivity contribution in [1.82, 2.24) is 4.98 Å². The lowest BCUT2D eigenvalue weighted by atomic mass is 10.2. The van der Waals surface area contributed by atoms with Gasteiger partial charge in [-0.2, -0.15) is 13.8 Å². The summed E-state index contributed by atoms with van der Waals surface area (Å²) in [6.45, 7) is -3.06. The van der Waals surface area contributed by atoms with E-state index < -0.39 is 23.1 Å². The summed E-state index contributed by atoms with van der Waals surface area (Å²) in [5, 5.41) is 10.7. The summed E-state index contributed by atoms with van der Waals surface area (Å²) in [6.07, 6.45) is 0. The molecule has 0 aliphatic rings. The number of rotatable bonds is 6. The number of alkyl halides is 2. The van der Waals surface area contributed by atoms with Crippen LogP contribution in [0.2, 0.25) is 0 Å². The smallest absolute Gasteiger partial charge is 0.388 e. The van der Waals surface area contributed by atoms with Crippen molar-refractivity contribution in [1.29, 1.82) is 0 Å². The van der Waals surface area contributed by atoms with E-state index in [9.17, 15) is 18.9 Å². The molecule has 0 amide bonds. The first-order chi connectivity index (χ1) is 10.1. The molecule has 0 saturated carbocycles. The Morgan fingerprint density at radius 1 is 1.19 bits per heavy atom. The molecular weight excluding hydrogens is 286 g/mol. The molecule has 1 aromatic heterocycles. The normalized spacial score (nSPS) is 10.4. The summed E-state index contributed by atoms with van der Waals surface area (Å²) in [7, 11) is 0. The van der Waals surface area contributed by atoms with Crippen LogP contribution in [0.4, 0.5) is 14.5 Å². The highest BCUT2D eigenvalue weighted by Gasteiger charge is 2.21. The molecule has 0 aliphatic carbocycles. The van der Waals surface area contributed by atoms with Gasteiger partial charge >= 0.3 is 18.2 Å². The van der Waals surface area contributed by atoms with Gasteiger partial charge < -0.3 is 9.47 Å². The van der Waals surface area contributed by atoms with Crippen LogP contribution in [0.5, 0.6) is 11.8 Å². The number of ether oxygens (including phenoxy) is 2. The van der Waals surface area contributed by atoms with Crippen LogP contribution in [0.1, 0.15) is 5.56 Å². The van der Waals surface area contributed by atoms with Gasteiger partial charge in [-0.25, -0.2) is 0 Å². The average molecular weight is 296 g/mol. The van der Waals surface area contributed by atoms with Crippen molar-refractivity contribution in [3.05, 3.63) is 58.1 Å². The zero-order valence-corrected chi connectivity index (χ0v) is 10.6. The van der Waals surface area contributed by atoms with Gasteiger partial charge in [0.25, 0.3) is 0 Å². The van der Waals surface area contributed by atoms with E-state index >= 15 is 0 Å². The summed E-state index contributed by atoms with van der Waals surface area (Å²) in [6, 6.07) is 11.3. The van der Waals surface area contributed by atoms with Crippen molar-refractivity contribution < 1.29 is 23.2 Å². The third kappa shape index (κ3) is 4.10. The van der Waals surface area contributed by atoms with Crippen molar-refractivity contribution in [2.24, 2.45) is 0 Å². The number of hydrogen-bond acceptors (Lipinski definition) is 5. The van der Waals surface area contributed by atoms with Crippen LogP contribution in [0.25, 0.3) is 0 Å². The number of pyridine rings is 1. The first kappa shape index (κ1) is 14.6. The van der Waals surface area contributed by atoms with Gasteiger partial charge in [0.2, 0.25) is 5.88 Å². The molecule has 21 heavy (non-hydrogen) atoms. The fourth-order valence-corrected chi connectivity index (χ4v) is 1.54. The minimum Gasteiger partial charge on any atom is -0.473 e. The van der Waals surface area contributed by atoms with Gasteiger partial charge in [-0.3, -0.25) is 10.1 Å². The molecule has 0 spiro atoms. The van der Waals surface area contributed by atoms with E-state index in [-0.39, 0.29) is 12.5 Å². The van der Waals surface area contributed by atoms with Crippen molar-refractivity contribution >= 4 is 5.69 Å². The topological polar surface area (TPSA) is 74.5 Å². The van der Waals surface area contributed by atoms with Gasteiger partial charge in [0, 0.05) is 12.1 Å². The minimum atomic E-state index is -3.21. The molecule has 8 heteroatoms. The van der Waals surface area contributed by atoms with Crippen LogP contribution >= 0.6 is 0 Å². The molecule has 2 rings (SSSR count). The summed E-state index contributed by atoms with van der Waals surface area (Å²) in [5.74, 6) is -0.819. The Labute approximate surface area is 118 Å². The average Bonchev–Trinajstić information content (AvgIpc) is 2.45. The summed E-state index contributed by atoms with van der Waals surface area (Å²) < 4.78 is 33.8. The highest BCUT2D eigenvalue weighted by Crippen LogP contribution is 2.28. The number of hydrogen-bond donors (Lipinski definition) is 0. The lowest BCUT2D eigenvalue weighted by molar-refractivity contribution is -0.386. The summed E-state index contributed by atoms with van der Waals surface area (Å²) in [5.41, 5.74) is 0.191. The third-order valence-electron chi connectivity index (χ3n) is 2.44. The molecule has 1 aromatic carbocycles. The number of nitrogens with zero attached hydrogens (tertiary/aromatic N) is 2. The minimum absolute atomic E-state index is 0.0416. The molecule has 0 N–H and O–H groups in total. The second-order valence-electron chi connectivity index (χ2n) is 3.88. The number of nitro groups is 1. The Bertz CT molecular complexity index is 623. The van der Waals surface area contributed by atoms with Crippen LogP contribution in [-0.2, 0) is 6.61 Å². The van der Waals surface area contributed by atoms with Crippen LogP contribution in [0.3, 0.4) is 0 Å². The molecule has 0 unspecified atom stereocenters. The maximum Gasteiger partial charge on any atom is 0.388 e. The van der Waals surface area contributed by atoms with Gasteiger partial charge in [0.15, 0.2) is 0 Å². The van der Waals surface area contributed by atoms with Gasteiger partial charge in [-0.05, 0) is 5.56 Å². The molecule has 0 fully saturated rings. The molecule has 1 heterocycles. The Balaban J connectivity index is 2.15. The number of halogens is 2. The molecular formula is C13H10F2N2O4. The molecule has 0 radical (unpaired) electrons. The Morgan fingerprint density at radius 3 is 2.52 bits per heavy atom. The molecule has 0 saturated heterocycles. The Morgan fingerprint density at radius 2 is 1.90 bits per heavy atom. The third-order valence-corrected chi connectivity index (χ3v) is 2.44. The van der Waals surface area contributed by atoms with E-state index in [1.807, 2.05) is 30.3 Å². The van der Waals surface area contributed by atoms with E-state index in [1.54, 1.807) is 0 Å². The van der Waals surface area contributed by atoms with Gasteiger partial charge in [-0.15, -0.1) is 0 Å². The fraction of sp³-hybridized carbons (Fsp3) is 0.154. The Hall–Kier alpha value is -2.77. The predicted molar refractivity (Wildman–Crippen MR) is 68.3 cm³/mol. The summed E-state index contributed by atoms with van der Waals surface area (Å²) >= 11 is 0. The maximum atomic E-state index is 12.2. The molecule has 110 valence electrons. The monoisotopic (exact) mass is 296 g/mol. The van der Waals surface area contributed by atoms with Crippen molar-refractivity contribution in [2.75, 3.05) is 0 Å². The molecule has 0 bridgehead atoms. The highest BCUT2D eigenvalue weighted by atomic mass is 19.3. The zero-order valence-electron chi connectivity index (χ0n) is 10.6. The quantitative estimate of drug-likeness (QED) is 0.604. The zero-order chi connectivity index (χ0) is 15.2. The standard InChI is InChI=1S/C13H10F2N2O4/c14-13(15)21-12-10(17(18)19)6-7-11(16-12)20-8-9-4-2-1-3-5-9/h1-7,13H,8H2. The fourth-order valence-electron chi connectivity index (χ4n) is 1.54. The molecule has 0 atom stereocenters. The molecule has 6 nitrogen and oxygen atoms in total. The lowest BCUT2D eigenvalue weighted by Gasteiger charge is -2.08. The first-order valence-corrected chi connectivity index (χ1v) is 5.83. The van der Waals surface area contributed by atoms with E-state index in [0.717, 1.165) is 11.6 Å². The van der Waals surface area contributed by atoms with E-state index in [0.29, 0.717) is 0 Å². The van der Waals surface area contributed by atoms with Crippen LogP contribution in [0.15, 0.2) is 42.5 Å². The maximum absolute atomic E-state index is 12.2. The predicted octanol–water partition coefficient (Wildman–Crippen LogP) is 3.17.